The Morgan fingerprint density at radius 1 is 1.15 bits per heavy atom. The summed E-state index contributed by atoms with van der Waals surface area (Å²) in [5.74, 6) is 1.70. The van der Waals surface area contributed by atoms with Gasteiger partial charge in [-0.15, -0.1) is 0 Å². The Balaban J connectivity index is 2.40. The predicted octanol–water partition coefficient (Wildman–Crippen LogP) is 5.01. The molecule has 0 atom stereocenters. The first kappa shape index (κ1) is 15.4. The van der Waals surface area contributed by atoms with E-state index in [9.17, 15) is 0 Å². The highest BCUT2D eigenvalue weighted by Crippen LogP contribution is 2.34. The van der Waals surface area contributed by atoms with Crippen molar-refractivity contribution in [2.45, 2.75) is 20.3 Å². The van der Waals surface area contributed by atoms with Crippen LogP contribution in [0.4, 0.5) is 0 Å². The summed E-state index contributed by atoms with van der Waals surface area (Å²) in [5.41, 5.74) is 8.81. The van der Waals surface area contributed by atoms with Gasteiger partial charge in [0.25, 0.3) is 0 Å². The molecule has 0 saturated heterocycles. The molecule has 0 saturated carbocycles. The normalized spacial score (nSPS) is 10.7. The number of ether oxygens (including phenoxy) is 1. The molecule has 2 aromatic carbocycles. The van der Waals surface area contributed by atoms with Gasteiger partial charge in [0.2, 0.25) is 0 Å². The monoisotopic (exact) mass is 353 g/mol. The van der Waals surface area contributed by atoms with Gasteiger partial charge in [-0.1, -0.05) is 27.5 Å². The van der Waals surface area contributed by atoms with Gasteiger partial charge >= 0.3 is 0 Å². The maximum absolute atomic E-state index is 6.10. The van der Waals surface area contributed by atoms with E-state index in [1.54, 1.807) is 0 Å². The van der Waals surface area contributed by atoms with Crippen molar-refractivity contribution in [3.8, 4) is 11.5 Å². The lowest BCUT2D eigenvalue weighted by molar-refractivity contribution is 0.469. The maximum atomic E-state index is 6.10. The Morgan fingerprint density at radius 3 is 2.40 bits per heavy atom. The average Bonchev–Trinajstić information content (AvgIpc) is 2.36. The van der Waals surface area contributed by atoms with Gasteiger partial charge in [0.15, 0.2) is 0 Å². The van der Waals surface area contributed by atoms with Crippen molar-refractivity contribution in [1.82, 2.24) is 0 Å². The minimum Gasteiger partial charge on any atom is -0.457 e. The zero-order chi connectivity index (χ0) is 14.7. The van der Waals surface area contributed by atoms with Gasteiger partial charge in [-0.3, -0.25) is 0 Å². The zero-order valence-electron chi connectivity index (χ0n) is 11.5. The summed E-state index contributed by atoms with van der Waals surface area (Å²) >= 11 is 9.53. The van der Waals surface area contributed by atoms with E-state index in [2.05, 4.69) is 15.9 Å². The van der Waals surface area contributed by atoms with Crippen LogP contribution in [-0.2, 0) is 6.42 Å². The highest BCUT2D eigenvalue weighted by molar-refractivity contribution is 9.10. The van der Waals surface area contributed by atoms with E-state index in [1.807, 2.05) is 44.2 Å². The van der Waals surface area contributed by atoms with E-state index >= 15 is 0 Å². The second-order valence-corrected chi connectivity index (χ2v) is 6.11. The molecule has 0 fully saturated rings. The summed E-state index contributed by atoms with van der Waals surface area (Å²) < 4.78 is 7.12. The van der Waals surface area contributed by atoms with E-state index in [1.165, 1.54) is 0 Å². The molecular formula is C16H17BrClNO. The number of hydrogen-bond acceptors (Lipinski definition) is 2. The summed E-state index contributed by atoms with van der Waals surface area (Å²) in [6, 6.07) is 9.79. The Bertz CT molecular complexity index is 605. The van der Waals surface area contributed by atoms with Crippen LogP contribution in [0.5, 0.6) is 11.5 Å². The number of rotatable bonds is 4. The maximum Gasteiger partial charge on any atom is 0.133 e. The van der Waals surface area contributed by atoms with Gasteiger partial charge in [-0.2, -0.15) is 0 Å². The molecule has 4 heteroatoms. The largest absolute Gasteiger partial charge is 0.457 e. The summed E-state index contributed by atoms with van der Waals surface area (Å²) in [7, 11) is 0. The van der Waals surface area contributed by atoms with Crippen LogP contribution in [0.2, 0.25) is 5.02 Å². The van der Waals surface area contributed by atoms with Crippen LogP contribution < -0.4 is 10.5 Å². The third kappa shape index (κ3) is 3.54. The molecule has 0 radical (unpaired) electrons. The summed E-state index contributed by atoms with van der Waals surface area (Å²) in [5, 5.41) is 0.727. The molecule has 0 bridgehead atoms. The lowest BCUT2D eigenvalue weighted by atomic mass is 10.1. The van der Waals surface area contributed by atoms with E-state index in [0.29, 0.717) is 6.54 Å². The Hall–Kier alpha value is -1.03. The first-order chi connectivity index (χ1) is 9.51. The van der Waals surface area contributed by atoms with Gasteiger partial charge in [0, 0.05) is 9.50 Å². The second-order valence-electron chi connectivity index (χ2n) is 4.76. The highest BCUT2D eigenvalue weighted by atomic mass is 79.9. The minimum atomic E-state index is 0.589. The van der Waals surface area contributed by atoms with Crippen LogP contribution >= 0.6 is 27.5 Å². The summed E-state index contributed by atoms with van der Waals surface area (Å²) in [6.45, 7) is 4.58. The topological polar surface area (TPSA) is 35.2 Å². The van der Waals surface area contributed by atoms with Crippen molar-refractivity contribution in [3.05, 3.63) is 56.5 Å². The number of halogens is 2. The molecule has 20 heavy (non-hydrogen) atoms. The predicted molar refractivity (Wildman–Crippen MR) is 87.9 cm³/mol. The fourth-order valence-electron chi connectivity index (χ4n) is 2.17. The minimum absolute atomic E-state index is 0.589. The fourth-order valence-corrected chi connectivity index (χ4v) is 2.90. The Kier molecular flexibility index (Phi) is 5.08. The quantitative estimate of drug-likeness (QED) is 0.837. The first-order valence-corrected chi connectivity index (χ1v) is 7.61. The SMILES string of the molecule is Cc1cc(Cl)cc(C)c1Oc1ccc(Br)cc1CCN. The molecule has 0 aliphatic carbocycles. The van der Waals surface area contributed by atoms with Crippen LogP contribution in [-0.4, -0.2) is 6.54 Å². The molecule has 2 N–H and O–H groups in total. The molecule has 2 rings (SSSR count). The lowest BCUT2D eigenvalue weighted by Gasteiger charge is -2.15. The molecular weight excluding hydrogens is 338 g/mol. The van der Waals surface area contributed by atoms with Crippen LogP contribution in [0.1, 0.15) is 16.7 Å². The van der Waals surface area contributed by atoms with Crippen LogP contribution in [0, 0.1) is 13.8 Å². The molecule has 0 heterocycles. The summed E-state index contributed by atoms with van der Waals surface area (Å²) in [4.78, 5) is 0. The summed E-state index contributed by atoms with van der Waals surface area (Å²) in [6.07, 6.45) is 0.778. The smallest absolute Gasteiger partial charge is 0.133 e. The average molecular weight is 355 g/mol. The third-order valence-corrected chi connectivity index (χ3v) is 3.78. The van der Waals surface area contributed by atoms with Crippen molar-refractivity contribution < 1.29 is 4.74 Å². The van der Waals surface area contributed by atoms with Crippen molar-refractivity contribution >= 4 is 27.5 Å². The van der Waals surface area contributed by atoms with Crippen molar-refractivity contribution in [2.24, 2.45) is 5.73 Å². The van der Waals surface area contributed by atoms with Crippen molar-refractivity contribution in [2.75, 3.05) is 6.54 Å². The molecule has 2 nitrogen and oxygen atoms in total. The number of aryl methyl sites for hydroxylation is 2. The second kappa shape index (κ2) is 6.61. The molecule has 106 valence electrons. The number of nitrogens with two attached hydrogens (primary N) is 1. The Labute approximate surface area is 133 Å². The molecule has 0 spiro atoms. The zero-order valence-corrected chi connectivity index (χ0v) is 13.9. The van der Waals surface area contributed by atoms with Crippen molar-refractivity contribution in [3.63, 3.8) is 0 Å². The van der Waals surface area contributed by atoms with Gasteiger partial charge < -0.3 is 10.5 Å². The molecule has 0 amide bonds. The number of hydrogen-bond donors (Lipinski definition) is 1. The van der Waals surface area contributed by atoms with Crippen LogP contribution in [0.25, 0.3) is 0 Å². The molecule has 0 aliphatic heterocycles. The van der Waals surface area contributed by atoms with Crippen LogP contribution in [0.15, 0.2) is 34.8 Å². The van der Waals surface area contributed by atoms with Gasteiger partial charge in [0.1, 0.15) is 11.5 Å². The molecule has 0 aromatic heterocycles. The molecule has 0 aliphatic rings. The van der Waals surface area contributed by atoms with E-state index in [4.69, 9.17) is 22.1 Å². The number of benzene rings is 2. The molecule has 0 unspecified atom stereocenters. The van der Waals surface area contributed by atoms with Crippen LogP contribution in [0.3, 0.4) is 0 Å². The van der Waals surface area contributed by atoms with Gasteiger partial charge in [0.05, 0.1) is 0 Å². The van der Waals surface area contributed by atoms with E-state index in [-0.39, 0.29) is 0 Å². The Morgan fingerprint density at radius 2 is 1.80 bits per heavy atom. The van der Waals surface area contributed by atoms with Gasteiger partial charge in [-0.05, 0) is 73.8 Å². The van der Waals surface area contributed by atoms with Gasteiger partial charge in [-0.25, -0.2) is 0 Å². The highest BCUT2D eigenvalue weighted by Gasteiger charge is 2.10. The van der Waals surface area contributed by atoms with Crippen molar-refractivity contribution in [1.29, 1.82) is 0 Å². The molecule has 2 aromatic rings. The fraction of sp³-hybridized carbons (Fsp3) is 0.250. The van der Waals surface area contributed by atoms with E-state index in [0.717, 1.165) is 44.1 Å². The third-order valence-electron chi connectivity index (χ3n) is 3.07. The first-order valence-electron chi connectivity index (χ1n) is 6.44. The standard InChI is InChI=1S/C16H17BrClNO/c1-10-7-14(18)8-11(2)16(10)20-15-4-3-13(17)9-12(15)5-6-19/h3-4,7-9H,5-6,19H2,1-2H3. The van der Waals surface area contributed by atoms with E-state index < -0.39 is 0 Å². The lowest BCUT2D eigenvalue weighted by Crippen LogP contribution is -2.04.